The second kappa shape index (κ2) is 6.05. The SMILES string of the molecule is O=S(=O)(c1cccc(F)c1)N1CC(n2cc(-c3ccccc3)nn2)C1. The van der Waals surface area contributed by atoms with E-state index in [1.54, 1.807) is 4.68 Å². The molecule has 0 amide bonds. The number of halogens is 1. The lowest BCUT2D eigenvalue weighted by atomic mass is 10.1. The molecule has 4 rings (SSSR count). The summed E-state index contributed by atoms with van der Waals surface area (Å²) in [6.45, 7) is 0.576. The van der Waals surface area contributed by atoms with Gasteiger partial charge >= 0.3 is 0 Å². The van der Waals surface area contributed by atoms with Gasteiger partial charge in [0.25, 0.3) is 0 Å². The van der Waals surface area contributed by atoms with Crippen LogP contribution in [0.25, 0.3) is 11.3 Å². The zero-order valence-corrected chi connectivity index (χ0v) is 14.0. The Kier molecular flexibility index (Phi) is 3.85. The van der Waals surface area contributed by atoms with Crippen LogP contribution < -0.4 is 0 Å². The third-order valence-corrected chi connectivity index (χ3v) is 6.04. The molecule has 2 heterocycles. The quantitative estimate of drug-likeness (QED) is 0.718. The molecule has 1 aliphatic rings. The molecule has 8 heteroatoms. The molecular formula is C17H15FN4O2S. The number of hydrogen-bond acceptors (Lipinski definition) is 4. The van der Waals surface area contributed by atoms with E-state index in [0.29, 0.717) is 0 Å². The van der Waals surface area contributed by atoms with Crippen molar-refractivity contribution in [1.29, 1.82) is 0 Å². The summed E-state index contributed by atoms with van der Waals surface area (Å²) in [6.07, 6.45) is 1.81. The van der Waals surface area contributed by atoms with Gasteiger partial charge in [0.2, 0.25) is 10.0 Å². The van der Waals surface area contributed by atoms with E-state index in [1.165, 1.54) is 22.5 Å². The first kappa shape index (κ1) is 15.9. The number of benzene rings is 2. The highest BCUT2D eigenvalue weighted by atomic mass is 32.2. The van der Waals surface area contributed by atoms with E-state index >= 15 is 0 Å². The summed E-state index contributed by atoms with van der Waals surface area (Å²) < 4.78 is 41.2. The molecular weight excluding hydrogens is 343 g/mol. The fourth-order valence-corrected chi connectivity index (χ4v) is 4.30. The summed E-state index contributed by atoms with van der Waals surface area (Å²) in [5, 5.41) is 8.24. The average Bonchev–Trinajstić information content (AvgIpc) is 3.04. The van der Waals surface area contributed by atoms with Crippen LogP contribution >= 0.6 is 0 Å². The minimum atomic E-state index is -3.68. The zero-order valence-electron chi connectivity index (χ0n) is 13.2. The summed E-state index contributed by atoms with van der Waals surface area (Å²) in [4.78, 5) is -0.0329. The minimum Gasteiger partial charge on any atom is -0.246 e. The van der Waals surface area contributed by atoms with Crippen LogP contribution in [-0.2, 0) is 10.0 Å². The molecule has 0 spiro atoms. The molecule has 128 valence electrons. The van der Waals surface area contributed by atoms with E-state index in [2.05, 4.69) is 10.3 Å². The fraction of sp³-hybridized carbons (Fsp3) is 0.176. The molecule has 1 saturated heterocycles. The van der Waals surface area contributed by atoms with Crippen LogP contribution in [0.2, 0.25) is 0 Å². The molecule has 0 radical (unpaired) electrons. The highest BCUT2D eigenvalue weighted by Crippen LogP contribution is 2.29. The van der Waals surface area contributed by atoms with Gasteiger partial charge in [-0.3, -0.25) is 0 Å². The Labute approximate surface area is 144 Å². The minimum absolute atomic E-state index is 0.0329. The second-order valence-electron chi connectivity index (χ2n) is 5.88. The molecule has 0 unspecified atom stereocenters. The van der Waals surface area contributed by atoms with Gasteiger partial charge in [-0.15, -0.1) is 5.10 Å². The van der Waals surface area contributed by atoms with Crippen LogP contribution in [0.4, 0.5) is 4.39 Å². The second-order valence-corrected chi connectivity index (χ2v) is 7.82. The number of hydrogen-bond donors (Lipinski definition) is 0. The number of sulfonamides is 1. The van der Waals surface area contributed by atoms with E-state index in [1.807, 2.05) is 36.5 Å². The van der Waals surface area contributed by atoms with Crippen molar-refractivity contribution in [3.05, 3.63) is 66.6 Å². The lowest BCUT2D eigenvalue weighted by Gasteiger charge is -2.37. The summed E-state index contributed by atoms with van der Waals surface area (Å²) in [7, 11) is -3.68. The smallest absolute Gasteiger partial charge is 0.243 e. The Morgan fingerprint density at radius 1 is 1.04 bits per heavy atom. The van der Waals surface area contributed by atoms with Crippen molar-refractivity contribution in [3.8, 4) is 11.3 Å². The first-order valence-corrected chi connectivity index (χ1v) is 9.21. The Balaban J connectivity index is 1.48. The highest BCUT2D eigenvalue weighted by molar-refractivity contribution is 7.89. The molecule has 2 aromatic carbocycles. The van der Waals surface area contributed by atoms with Crippen LogP contribution in [-0.4, -0.2) is 40.8 Å². The maximum atomic E-state index is 13.3. The van der Waals surface area contributed by atoms with Crippen molar-refractivity contribution in [2.24, 2.45) is 0 Å². The van der Waals surface area contributed by atoms with Gasteiger partial charge in [0.1, 0.15) is 11.5 Å². The predicted octanol–water partition coefficient (Wildman–Crippen LogP) is 2.33. The first-order chi connectivity index (χ1) is 12.0. The Bertz CT molecular complexity index is 998. The van der Waals surface area contributed by atoms with Gasteiger partial charge in [0.05, 0.1) is 17.1 Å². The summed E-state index contributed by atoms with van der Waals surface area (Å²) in [6, 6.07) is 14.6. The van der Waals surface area contributed by atoms with Crippen molar-refractivity contribution in [1.82, 2.24) is 19.3 Å². The van der Waals surface area contributed by atoms with Crippen LogP contribution in [0.1, 0.15) is 6.04 Å². The molecule has 25 heavy (non-hydrogen) atoms. The topological polar surface area (TPSA) is 68.1 Å². The summed E-state index contributed by atoms with van der Waals surface area (Å²) >= 11 is 0. The van der Waals surface area contributed by atoms with Crippen molar-refractivity contribution in [2.75, 3.05) is 13.1 Å². The van der Waals surface area contributed by atoms with E-state index in [9.17, 15) is 12.8 Å². The fourth-order valence-electron chi connectivity index (χ4n) is 2.75. The molecule has 3 aromatic rings. The standard InChI is InChI=1S/C17H15FN4O2S/c18-14-7-4-8-16(9-14)25(23,24)21-10-15(11-21)22-12-17(19-20-22)13-5-2-1-3-6-13/h1-9,12,15H,10-11H2. The Morgan fingerprint density at radius 3 is 2.52 bits per heavy atom. The summed E-state index contributed by atoms with van der Waals surface area (Å²) in [5.74, 6) is -0.568. The van der Waals surface area contributed by atoms with Gasteiger partial charge < -0.3 is 0 Å². The van der Waals surface area contributed by atoms with E-state index in [4.69, 9.17) is 0 Å². The third-order valence-electron chi connectivity index (χ3n) is 4.22. The van der Waals surface area contributed by atoms with Crippen LogP contribution in [0.15, 0.2) is 65.7 Å². The van der Waals surface area contributed by atoms with Crippen molar-refractivity contribution in [3.63, 3.8) is 0 Å². The number of nitrogens with zero attached hydrogens (tertiary/aromatic N) is 4. The van der Waals surface area contributed by atoms with E-state index < -0.39 is 15.8 Å². The molecule has 1 aliphatic heterocycles. The van der Waals surface area contributed by atoms with E-state index in [0.717, 1.165) is 17.3 Å². The summed E-state index contributed by atoms with van der Waals surface area (Å²) in [5.41, 5.74) is 1.70. The van der Waals surface area contributed by atoms with Gasteiger partial charge in [-0.2, -0.15) is 4.31 Å². The lowest BCUT2D eigenvalue weighted by Crippen LogP contribution is -2.50. The number of rotatable bonds is 4. The average molecular weight is 358 g/mol. The predicted molar refractivity (Wildman–Crippen MR) is 89.7 cm³/mol. The van der Waals surface area contributed by atoms with Crippen LogP contribution in [0, 0.1) is 5.82 Å². The van der Waals surface area contributed by atoms with Gasteiger partial charge in [-0.25, -0.2) is 17.5 Å². The van der Waals surface area contributed by atoms with Gasteiger partial charge in [-0.1, -0.05) is 41.6 Å². The third kappa shape index (κ3) is 2.94. The first-order valence-electron chi connectivity index (χ1n) is 7.77. The Morgan fingerprint density at radius 2 is 1.80 bits per heavy atom. The van der Waals surface area contributed by atoms with Gasteiger partial charge in [-0.05, 0) is 18.2 Å². The largest absolute Gasteiger partial charge is 0.246 e. The van der Waals surface area contributed by atoms with Gasteiger partial charge in [0, 0.05) is 18.7 Å². The van der Waals surface area contributed by atoms with Crippen LogP contribution in [0.3, 0.4) is 0 Å². The Hall–Kier alpha value is -2.58. The molecule has 1 aromatic heterocycles. The molecule has 6 nitrogen and oxygen atoms in total. The van der Waals surface area contributed by atoms with Crippen molar-refractivity contribution in [2.45, 2.75) is 10.9 Å². The highest BCUT2D eigenvalue weighted by Gasteiger charge is 2.38. The van der Waals surface area contributed by atoms with Crippen molar-refractivity contribution >= 4 is 10.0 Å². The van der Waals surface area contributed by atoms with Gasteiger partial charge in [0.15, 0.2) is 0 Å². The maximum Gasteiger partial charge on any atom is 0.243 e. The molecule has 1 fully saturated rings. The van der Waals surface area contributed by atoms with E-state index in [-0.39, 0.29) is 24.0 Å². The van der Waals surface area contributed by atoms with Crippen molar-refractivity contribution < 1.29 is 12.8 Å². The van der Waals surface area contributed by atoms with Crippen LogP contribution in [0.5, 0.6) is 0 Å². The maximum absolute atomic E-state index is 13.3. The normalized spacial score (nSPS) is 15.9. The zero-order chi connectivity index (χ0) is 17.4. The lowest BCUT2D eigenvalue weighted by molar-refractivity contribution is 0.189. The monoisotopic (exact) mass is 358 g/mol. The molecule has 0 atom stereocenters. The number of aromatic nitrogens is 3. The molecule has 0 N–H and O–H groups in total. The molecule has 0 saturated carbocycles. The molecule has 0 aliphatic carbocycles. The molecule has 0 bridgehead atoms.